The maximum absolute atomic E-state index is 12.3. The third kappa shape index (κ3) is 3.65. The quantitative estimate of drug-likeness (QED) is 0.743. The number of hydrogen-bond acceptors (Lipinski definition) is 5. The van der Waals surface area contributed by atoms with E-state index in [-0.39, 0.29) is 12.1 Å². The summed E-state index contributed by atoms with van der Waals surface area (Å²) in [7, 11) is 0. The Labute approximate surface area is 145 Å². The molecule has 25 heavy (non-hydrogen) atoms. The summed E-state index contributed by atoms with van der Waals surface area (Å²) in [6.45, 7) is 6.71. The van der Waals surface area contributed by atoms with Crippen molar-refractivity contribution in [2.75, 3.05) is 10.6 Å². The van der Waals surface area contributed by atoms with E-state index >= 15 is 0 Å². The third-order valence-electron chi connectivity index (χ3n) is 3.61. The fraction of sp³-hybridized carbons (Fsp3) is 0.312. The zero-order valence-electron chi connectivity index (χ0n) is 14.3. The lowest BCUT2D eigenvalue weighted by molar-refractivity contribution is 0.262. The monoisotopic (exact) mass is 340 g/mol. The van der Waals surface area contributed by atoms with Crippen LogP contribution in [0.4, 0.5) is 16.2 Å². The lowest BCUT2D eigenvalue weighted by atomic mass is 10.1. The average Bonchev–Trinajstić information content (AvgIpc) is 3.24. The van der Waals surface area contributed by atoms with Crippen molar-refractivity contribution in [2.45, 2.75) is 33.4 Å². The number of hydrogen-bond donors (Lipinski definition) is 2. The van der Waals surface area contributed by atoms with Crippen LogP contribution in [-0.2, 0) is 6.54 Å². The number of nitrogens with zero attached hydrogens (tertiary/aromatic N) is 6. The normalized spacial score (nSPS) is 10.9. The topological polar surface area (TPSA) is 103 Å². The number of urea groups is 1. The van der Waals surface area contributed by atoms with E-state index in [0.29, 0.717) is 17.2 Å². The van der Waals surface area contributed by atoms with E-state index < -0.39 is 0 Å². The molecule has 2 heterocycles. The third-order valence-corrected chi connectivity index (χ3v) is 3.61. The first-order valence-corrected chi connectivity index (χ1v) is 8.06. The Kier molecular flexibility index (Phi) is 4.73. The molecule has 0 bridgehead atoms. The first kappa shape index (κ1) is 16.6. The molecule has 3 aromatic rings. The molecule has 0 unspecified atom stereocenters. The number of rotatable bonds is 5. The lowest BCUT2D eigenvalue weighted by Crippen LogP contribution is -2.20. The van der Waals surface area contributed by atoms with E-state index in [9.17, 15) is 4.79 Å². The summed E-state index contributed by atoms with van der Waals surface area (Å²) >= 11 is 0. The van der Waals surface area contributed by atoms with Gasteiger partial charge in [0.1, 0.15) is 0 Å². The number of para-hydroxylation sites is 1. The van der Waals surface area contributed by atoms with Gasteiger partial charge in [0.05, 0.1) is 23.6 Å². The maximum atomic E-state index is 12.3. The molecule has 2 amide bonds. The van der Waals surface area contributed by atoms with Gasteiger partial charge in [0, 0.05) is 18.3 Å². The molecule has 3 rings (SSSR count). The molecule has 9 heteroatoms. The van der Waals surface area contributed by atoms with Gasteiger partial charge in [-0.05, 0) is 43.3 Å². The molecular weight excluding hydrogens is 320 g/mol. The number of aryl methyl sites for hydroxylation is 1. The molecule has 0 radical (unpaired) electrons. The number of carbonyl (C=O) groups is 1. The average molecular weight is 340 g/mol. The van der Waals surface area contributed by atoms with Crippen LogP contribution in [0.25, 0.3) is 11.4 Å². The maximum Gasteiger partial charge on any atom is 0.323 e. The number of anilines is 2. The Morgan fingerprint density at radius 3 is 2.76 bits per heavy atom. The van der Waals surface area contributed by atoms with Crippen LogP contribution in [-0.4, -0.2) is 36.0 Å². The first-order valence-electron chi connectivity index (χ1n) is 8.06. The summed E-state index contributed by atoms with van der Waals surface area (Å²) in [6.07, 6.45) is 3.37. The highest BCUT2D eigenvalue weighted by molar-refractivity contribution is 6.01. The van der Waals surface area contributed by atoms with E-state index in [1.807, 2.05) is 45.0 Å². The van der Waals surface area contributed by atoms with Gasteiger partial charge in [-0.25, -0.2) is 9.48 Å². The van der Waals surface area contributed by atoms with Crippen LogP contribution in [0.15, 0.2) is 36.7 Å². The molecule has 9 nitrogen and oxygen atoms in total. The van der Waals surface area contributed by atoms with Gasteiger partial charge >= 0.3 is 6.03 Å². The largest absolute Gasteiger partial charge is 0.323 e. The summed E-state index contributed by atoms with van der Waals surface area (Å²) < 4.78 is 3.45. The predicted octanol–water partition coefficient (Wildman–Crippen LogP) is 2.78. The Bertz CT molecular complexity index is 866. The van der Waals surface area contributed by atoms with Crippen molar-refractivity contribution >= 4 is 17.4 Å². The summed E-state index contributed by atoms with van der Waals surface area (Å²) in [5.41, 5.74) is 2.00. The van der Waals surface area contributed by atoms with E-state index in [1.165, 1.54) is 0 Å². The molecule has 0 aliphatic heterocycles. The van der Waals surface area contributed by atoms with Crippen LogP contribution in [0.1, 0.15) is 26.8 Å². The summed E-state index contributed by atoms with van der Waals surface area (Å²) in [4.78, 5) is 12.3. The molecule has 0 spiro atoms. The highest BCUT2D eigenvalue weighted by Crippen LogP contribution is 2.27. The molecule has 0 aliphatic rings. The van der Waals surface area contributed by atoms with Crippen LogP contribution in [0.2, 0.25) is 0 Å². The summed E-state index contributed by atoms with van der Waals surface area (Å²) in [5.74, 6) is 0.602. The lowest BCUT2D eigenvalue weighted by Gasteiger charge is -2.12. The Hall–Kier alpha value is -3.23. The van der Waals surface area contributed by atoms with Gasteiger partial charge < -0.3 is 10.6 Å². The van der Waals surface area contributed by atoms with Gasteiger partial charge in [0.2, 0.25) is 0 Å². The molecule has 0 fully saturated rings. The molecule has 0 atom stereocenters. The number of tetrazole rings is 1. The van der Waals surface area contributed by atoms with Gasteiger partial charge in [-0.2, -0.15) is 5.10 Å². The van der Waals surface area contributed by atoms with Gasteiger partial charge in [-0.3, -0.25) is 4.68 Å². The van der Waals surface area contributed by atoms with E-state index in [4.69, 9.17) is 0 Å². The van der Waals surface area contributed by atoms with Crippen LogP contribution in [0, 0.1) is 0 Å². The highest BCUT2D eigenvalue weighted by Gasteiger charge is 2.16. The number of carbonyl (C=O) groups excluding carboxylic acids is 1. The molecule has 0 saturated heterocycles. The van der Waals surface area contributed by atoms with Crippen molar-refractivity contribution in [3.05, 3.63) is 36.7 Å². The highest BCUT2D eigenvalue weighted by atomic mass is 16.2. The minimum atomic E-state index is -0.355. The Morgan fingerprint density at radius 2 is 2.04 bits per heavy atom. The zero-order chi connectivity index (χ0) is 17.8. The second-order valence-corrected chi connectivity index (χ2v) is 5.75. The second kappa shape index (κ2) is 7.12. The fourth-order valence-corrected chi connectivity index (χ4v) is 2.39. The van der Waals surface area contributed by atoms with E-state index in [1.54, 1.807) is 21.8 Å². The Morgan fingerprint density at radius 1 is 1.24 bits per heavy atom. The molecular formula is C16H20N8O. The molecule has 0 saturated carbocycles. The molecule has 130 valence electrons. The van der Waals surface area contributed by atoms with E-state index in [2.05, 4.69) is 31.3 Å². The standard InChI is InChI=1S/C16H20N8O/c1-4-23-10-12(9-17-23)18-16(25)19-14-8-6-5-7-13(14)15-20-21-22-24(15)11(2)3/h5-11H,4H2,1-3H3,(H2,18,19,25). The van der Waals surface area contributed by atoms with Crippen LogP contribution < -0.4 is 10.6 Å². The number of benzene rings is 1. The number of amides is 2. The van der Waals surface area contributed by atoms with Crippen molar-refractivity contribution in [3.8, 4) is 11.4 Å². The van der Waals surface area contributed by atoms with Crippen molar-refractivity contribution in [1.82, 2.24) is 30.0 Å². The number of aromatic nitrogens is 6. The van der Waals surface area contributed by atoms with Crippen LogP contribution in [0.3, 0.4) is 0 Å². The summed E-state index contributed by atoms with van der Waals surface area (Å²) in [5, 5.41) is 21.6. The first-order chi connectivity index (χ1) is 12.1. The minimum Gasteiger partial charge on any atom is -0.307 e. The molecule has 0 aliphatic carbocycles. The summed E-state index contributed by atoms with van der Waals surface area (Å²) in [6, 6.07) is 7.15. The predicted molar refractivity (Wildman–Crippen MR) is 94.2 cm³/mol. The smallest absolute Gasteiger partial charge is 0.307 e. The zero-order valence-corrected chi connectivity index (χ0v) is 14.3. The SMILES string of the molecule is CCn1cc(NC(=O)Nc2ccccc2-c2nnnn2C(C)C)cn1. The minimum absolute atomic E-state index is 0.103. The van der Waals surface area contributed by atoms with Crippen LogP contribution in [0.5, 0.6) is 0 Å². The van der Waals surface area contributed by atoms with Gasteiger partial charge in [-0.15, -0.1) is 5.10 Å². The van der Waals surface area contributed by atoms with Gasteiger partial charge in [0.25, 0.3) is 0 Å². The van der Waals surface area contributed by atoms with E-state index in [0.717, 1.165) is 12.1 Å². The van der Waals surface area contributed by atoms with Gasteiger partial charge in [0.15, 0.2) is 5.82 Å². The van der Waals surface area contributed by atoms with Gasteiger partial charge in [-0.1, -0.05) is 12.1 Å². The van der Waals surface area contributed by atoms with Crippen molar-refractivity contribution < 1.29 is 4.79 Å². The molecule has 2 aromatic heterocycles. The fourth-order valence-electron chi connectivity index (χ4n) is 2.39. The number of nitrogens with one attached hydrogen (secondary N) is 2. The van der Waals surface area contributed by atoms with Crippen molar-refractivity contribution in [1.29, 1.82) is 0 Å². The second-order valence-electron chi connectivity index (χ2n) is 5.75. The Balaban J connectivity index is 1.81. The molecule has 1 aromatic carbocycles. The van der Waals surface area contributed by atoms with Crippen molar-refractivity contribution in [3.63, 3.8) is 0 Å². The van der Waals surface area contributed by atoms with Crippen LogP contribution >= 0.6 is 0 Å². The van der Waals surface area contributed by atoms with Crippen molar-refractivity contribution in [2.24, 2.45) is 0 Å². The molecule has 2 N–H and O–H groups in total.